The topological polar surface area (TPSA) is 46.9 Å². The van der Waals surface area contributed by atoms with E-state index in [0.717, 1.165) is 28.4 Å². The van der Waals surface area contributed by atoms with Crippen molar-refractivity contribution in [3.8, 4) is 5.69 Å². The van der Waals surface area contributed by atoms with E-state index in [1.807, 2.05) is 29.8 Å². The maximum atomic E-state index is 11.2. The van der Waals surface area contributed by atoms with Crippen LogP contribution in [0, 0.1) is 6.92 Å². The van der Waals surface area contributed by atoms with E-state index in [2.05, 4.69) is 16.4 Å². The summed E-state index contributed by atoms with van der Waals surface area (Å²) in [5.74, 6) is 0.725. The van der Waals surface area contributed by atoms with Gasteiger partial charge >= 0.3 is 0 Å². The lowest BCUT2D eigenvalue weighted by atomic mass is 10.1. The van der Waals surface area contributed by atoms with E-state index >= 15 is 0 Å². The smallest absolute Gasteiger partial charge is 0.283 e. The molecule has 2 aromatic rings. The normalized spacial score (nSPS) is 13.5. The first-order chi connectivity index (χ1) is 8.22. The predicted octanol–water partition coefficient (Wildman–Crippen LogP) is 3.38. The number of imidazole rings is 1. The molecule has 0 atom stereocenters. The Hall–Kier alpha value is -1.46. The highest BCUT2D eigenvalue weighted by Crippen LogP contribution is 2.30. The van der Waals surface area contributed by atoms with E-state index in [4.69, 9.17) is 0 Å². The summed E-state index contributed by atoms with van der Waals surface area (Å²) >= 11 is 1.29. The molecule has 0 radical (unpaired) electrons. The molecule has 1 aliphatic rings. The second-order valence-corrected chi connectivity index (χ2v) is 4.91. The highest BCUT2D eigenvalue weighted by molar-refractivity contribution is 8.13. The van der Waals surface area contributed by atoms with Crippen LogP contribution in [0.4, 0.5) is 10.5 Å². The Bertz CT molecular complexity index is 597. The number of fused-ring (bicyclic) bond motifs is 1. The average molecular weight is 282 g/mol. The zero-order valence-corrected chi connectivity index (χ0v) is 11.3. The zero-order chi connectivity index (χ0) is 11.8. The number of carbonyl (C=O) groups excluding carboxylic acids is 1. The fourth-order valence-corrected chi connectivity index (χ4v) is 2.54. The van der Waals surface area contributed by atoms with Gasteiger partial charge in [0.1, 0.15) is 0 Å². The van der Waals surface area contributed by atoms with Crippen LogP contribution in [0.2, 0.25) is 0 Å². The summed E-state index contributed by atoms with van der Waals surface area (Å²) in [4.78, 5) is 15.4. The second-order valence-electron chi connectivity index (χ2n) is 3.96. The van der Waals surface area contributed by atoms with Crippen molar-refractivity contribution in [3.05, 3.63) is 42.0 Å². The molecular formula is C12H12ClN3OS. The number of thioether (sulfide) groups is 1. The molecule has 6 heteroatoms. The number of hydrogen-bond acceptors (Lipinski definition) is 3. The monoisotopic (exact) mass is 281 g/mol. The van der Waals surface area contributed by atoms with Crippen molar-refractivity contribution in [2.75, 3.05) is 5.32 Å². The lowest BCUT2D eigenvalue weighted by Gasteiger charge is -2.17. The number of carbonyl (C=O) groups is 1. The highest BCUT2D eigenvalue weighted by atomic mass is 35.5. The van der Waals surface area contributed by atoms with Gasteiger partial charge in [0.25, 0.3) is 5.24 Å². The van der Waals surface area contributed by atoms with Gasteiger partial charge < -0.3 is 9.88 Å². The fraction of sp³-hybridized carbons (Fsp3) is 0.167. The lowest BCUT2D eigenvalue weighted by Crippen LogP contribution is -2.12. The minimum absolute atomic E-state index is 0. The molecule has 0 saturated heterocycles. The molecular weight excluding hydrogens is 270 g/mol. The van der Waals surface area contributed by atoms with Gasteiger partial charge in [-0.2, -0.15) is 0 Å². The van der Waals surface area contributed by atoms with Gasteiger partial charge in [-0.3, -0.25) is 4.79 Å². The van der Waals surface area contributed by atoms with E-state index < -0.39 is 0 Å². The van der Waals surface area contributed by atoms with Crippen LogP contribution in [0.5, 0.6) is 0 Å². The zero-order valence-electron chi connectivity index (χ0n) is 9.71. The number of halogens is 1. The molecule has 0 fully saturated rings. The van der Waals surface area contributed by atoms with Gasteiger partial charge in [-0.25, -0.2) is 4.98 Å². The molecule has 4 nitrogen and oxygen atoms in total. The van der Waals surface area contributed by atoms with Crippen molar-refractivity contribution < 1.29 is 4.79 Å². The van der Waals surface area contributed by atoms with Crippen molar-refractivity contribution in [2.24, 2.45) is 0 Å². The van der Waals surface area contributed by atoms with Crippen LogP contribution >= 0.6 is 24.2 Å². The Morgan fingerprint density at radius 1 is 1.44 bits per heavy atom. The second kappa shape index (κ2) is 5.04. The first-order valence-corrected chi connectivity index (χ1v) is 6.28. The molecule has 0 bridgehead atoms. The fourth-order valence-electron chi connectivity index (χ4n) is 1.83. The van der Waals surface area contributed by atoms with Crippen molar-refractivity contribution in [3.63, 3.8) is 0 Å². The Morgan fingerprint density at radius 2 is 2.28 bits per heavy atom. The number of hydrogen-bond donors (Lipinski definition) is 1. The molecule has 0 unspecified atom stereocenters. The van der Waals surface area contributed by atoms with Crippen molar-refractivity contribution >= 4 is 35.1 Å². The van der Waals surface area contributed by atoms with E-state index in [0.29, 0.717) is 0 Å². The third kappa shape index (κ3) is 2.37. The Morgan fingerprint density at radius 3 is 3.00 bits per heavy atom. The number of aromatic nitrogens is 2. The number of benzene rings is 1. The summed E-state index contributed by atoms with van der Waals surface area (Å²) in [6.07, 6.45) is 3.78. The maximum absolute atomic E-state index is 11.2. The Labute approximate surface area is 115 Å². The molecule has 2 heterocycles. The average Bonchev–Trinajstić information content (AvgIpc) is 2.75. The quantitative estimate of drug-likeness (QED) is 0.872. The van der Waals surface area contributed by atoms with E-state index in [-0.39, 0.29) is 17.6 Å². The molecule has 94 valence electrons. The Balaban J connectivity index is 0.00000120. The molecule has 3 rings (SSSR count). The molecule has 18 heavy (non-hydrogen) atoms. The number of amides is 1. The lowest BCUT2D eigenvalue weighted by molar-refractivity contribution is 0.269. The molecule has 1 amide bonds. The van der Waals surface area contributed by atoms with Crippen LogP contribution in [-0.4, -0.2) is 14.8 Å². The molecule has 0 saturated carbocycles. The van der Waals surface area contributed by atoms with Gasteiger partial charge in [0.2, 0.25) is 0 Å². The number of rotatable bonds is 1. The van der Waals surface area contributed by atoms with Gasteiger partial charge in [0, 0.05) is 23.3 Å². The first kappa shape index (κ1) is 13.0. The Kier molecular flexibility index (Phi) is 3.63. The summed E-state index contributed by atoms with van der Waals surface area (Å²) in [6.45, 7) is 1.96. The maximum Gasteiger partial charge on any atom is 0.283 e. The van der Waals surface area contributed by atoms with Crippen molar-refractivity contribution in [2.45, 2.75) is 12.7 Å². The minimum Gasteiger partial charge on any atom is -0.317 e. The third-order valence-electron chi connectivity index (χ3n) is 2.69. The molecule has 1 aromatic heterocycles. The third-order valence-corrected chi connectivity index (χ3v) is 3.51. The van der Waals surface area contributed by atoms with E-state index in [1.165, 1.54) is 11.8 Å². The van der Waals surface area contributed by atoms with Crippen LogP contribution in [0.1, 0.15) is 11.3 Å². The van der Waals surface area contributed by atoms with E-state index in [9.17, 15) is 4.79 Å². The van der Waals surface area contributed by atoms with Crippen molar-refractivity contribution in [1.29, 1.82) is 0 Å². The molecule has 1 aromatic carbocycles. The largest absolute Gasteiger partial charge is 0.317 e. The van der Waals surface area contributed by atoms with Gasteiger partial charge in [-0.1, -0.05) is 11.8 Å². The highest BCUT2D eigenvalue weighted by Gasteiger charge is 2.15. The van der Waals surface area contributed by atoms with Crippen molar-refractivity contribution in [1.82, 2.24) is 9.55 Å². The van der Waals surface area contributed by atoms with Gasteiger partial charge in [-0.05, 0) is 30.7 Å². The summed E-state index contributed by atoms with van der Waals surface area (Å²) in [6, 6.07) is 6.01. The summed E-state index contributed by atoms with van der Waals surface area (Å²) in [5, 5.41) is 2.86. The number of nitrogens with one attached hydrogen (secondary N) is 1. The summed E-state index contributed by atoms with van der Waals surface area (Å²) < 4.78 is 1.98. The summed E-state index contributed by atoms with van der Waals surface area (Å²) in [7, 11) is 0. The molecule has 1 N–H and O–H groups in total. The molecule has 0 aliphatic carbocycles. The van der Waals surface area contributed by atoms with Crippen LogP contribution < -0.4 is 5.32 Å². The van der Waals surface area contributed by atoms with Crippen LogP contribution in [0.3, 0.4) is 0 Å². The van der Waals surface area contributed by atoms with Crippen LogP contribution in [0.25, 0.3) is 5.69 Å². The molecule has 0 spiro atoms. The van der Waals surface area contributed by atoms with Crippen LogP contribution in [0.15, 0.2) is 30.7 Å². The van der Waals surface area contributed by atoms with Gasteiger partial charge in [0.15, 0.2) is 0 Å². The predicted molar refractivity (Wildman–Crippen MR) is 75.9 cm³/mol. The van der Waals surface area contributed by atoms with Gasteiger partial charge in [0.05, 0.1) is 12.0 Å². The number of nitrogens with zero attached hydrogens (tertiary/aromatic N) is 2. The van der Waals surface area contributed by atoms with E-state index in [1.54, 1.807) is 6.33 Å². The van der Waals surface area contributed by atoms with Crippen LogP contribution in [-0.2, 0) is 5.75 Å². The standard InChI is InChI=1S/C12H11N3OS.ClH/c1-8-5-15(7-13-8)10-2-3-11-9(4-10)6-17-12(16)14-11;/h2-5,7H,6H2,1H3,(H,14,16);1H. The summed E-state index contributed by atoms with van der Waals surface area (Å²) in [5.41, 5.74) is 4.12. The number of anilines is 1. The minimum atomic E-state index is 0. The number of aryl methyl sites for hydroxylation is 1. The van der Waals surface area contributed by atoms with Gasteiger partial charge in [-0.15, -0.1) is 12.4 Å². The SMILES string of the molecule is Cc1cn(-c2ccc3c(c2)CSC(=O)N3)cn1.Cl. The molecule has 1 aliphatic heterocycles. The first-order valence-electron chi connectivity index (χ1n) is 5.30.